The van der Waals surface area contributed by atoms with E-state index in [9.17, 15) is 0 Å². The van der Waals surface area contributed by atoms with Crippen molar-refractivity contribution in [2.24, 2.45) is 35.5 Å². The average molecular weight is 148 g/mol. The van der Waals surface area contributed by atoms with Gasteiger partial charge in [0.2, 0.25) is 0 Å². The van der Waals surface area contributed by atoms with Crippen LogP contribution in [0.3, 0.4) is 0 Å². The Balaban J connectivity index is 1.80. The lowest BCUT2D eigenvalue weighted by molar-refractivity contribution is 0.102. The number of hydrogen-bond acceptors (Lipinski definition) is 0. The van der Waals surface area contributed by atoms with Gasteiger partial charge in [-0.15, -0.1) is 0 Å². The van der Waals surface area contributed by atoms with Gasteiger partial charge in [-0.05, 0) is 61.2 Å². The molecule has 0 aliphatic heterocycles. The molecule has 0 saturated heterocycles. The van der Waals surface area contributed by atoms with Gasteiger partial charge in [0.25, 0.3) is 0 Å². The minimum absolute atomic E-state index is 1.23. The van der Waals surface area contributed by atoms with Crippen LogP contribution in [0.2, 0.25) is 0 Å². The highest BCUT2D eigenvalue weighted by Gasteiger charge is 2.68. The molecule has 0 amide bonds. The standard InChI is InChI=1S/C11H16/c1-2-6-7(3-1)11-8-4-5-9(11)10(6)8/h6-11H,1-5H2. The minimum Gasteiger partial charge on any atom is -0.0527 e. The molecule has 6 aliphatic carbocycles. The molecule has 0 radical (unpaired) electrons. The SMILES string of the molecule is C1CC2C(C1)C1C3CCC1C23. The molecule has 0 spiro atoms. The van der Waals surface area contributed by atoms with Crippen LogP contribution < -0.4 is 0 Å². The molecule has 6 aliphatic rings. The molecular formula is C11H16. The van der Waals surface area contributed by atoms with E-state index in [1.807, 2.05) is 0 Å². The normalized spacial score (nSPS) is 69.8. The largest absolute Gasteiger partial charge is 0.0527 e. The Hall–Kier alpha value is 0. The number of fused-ring (bicyclic) bond motifs is 1. The van der Waals surface area contributed by atoms with Gasteiger partial charge >= 0.3 is 0 Å². The summed E-state index contributed by atoms with van der Waals surface area (Å²) >= 11 is 0. The molecule has 6 fully saturated rings. The molecule has 11 heavy (non-hydrogen) atoms. The van der Waals surface area contributed by atoms with E-state index in [0.29, 0.717) is 0 Å². The van der Waals surface area contributed by atoms with E-state index in [2.05, 4.69) is 0 Å². The molecule has 60 valence electrons. The van der Waals surface area contributed by atoms with E-state index < -0.39 is 0 Å². The second-order valence-electron chi connectivity index (χ2n) is 5.32. The second-order valence-corrected chi connectivity index (χ2v) is 5.32. The van der Waals surface area contributed by atoms with Crippen molar-refractivity contribution in [3.8, 4) is 0 Å². The lowest BCUT2D eigenvalue weighted by Gasteiger charge is -2.37. The zero-order valence-corrected chi connectivity index (χ0v) is 7.00. The summed E-state index contributed by atoms with van der Waals surface area (Å²) in [5.74, 6) is 7.47. The second kappa shape index (κ2) is 1.53. The summed E-state index contributed by atoms with van der Waals surface area (Å²) < 4.78 is 0. The van der Waals surface area contributed by atoms with E-state index >= 15 is 0 Å². The highest BCUT2D eigenvalue weighted by Crippen LogP contribution is 2.74. The summed E-state index contributed by atoms with van der Waals surface area (Å²) in [5.41, 5.74) is 0. The first-order valence-electron chi connectivity index (χ1n) is 5.47. The predicted octanol–water partition coefficient (Wildman–Crippen LogP) is 2.69. The van der Waals surface area contributed by atoms with Crippen LogP contribution in [-0.4, -0.2) is 0 Å². The van der Waals surface area contributed by atoms with Crippen LogP contribution in [0.1, 0.15) is 32.1 Å². The molecular weight excluding hydrogens is 132 g/mol. The molecule has 6 rings (SSSR count). The molecule has 4 bridgehead atoms. The fraction of sp³-hybridized carbons (Fsp3) is 1.00. The third kappa shape index (κ3) is 0.421. The number of rotatable bonds is 0. The quantitative estimate of drug-likeness (QED) is 0.495. The fourth-order valence-corrected chi connectivity index (χ4v) is 5.40. The first-order chi connectivity index (χ1) is 5.47. The monoisotopic (exact) mass is 148 g/mol. The Labute approximate surface area is 68.4 Å². The molecule has 0 nitrogen and oxygen atoms in total. The van der Waals surface area contributed by atoms with Gasteiger partial charge in [-0.1, -0.05) is 6.42 Å². The fourth-order valence-electron chi connectivity index (χ4n) is 5.40. The zero-order valence-electron chi connectivity index (χ0n) is 7.00. The van der Waals surface area contributed by atoms with Crippen LogP contribution in [0.5, 0.6) is 0 Å². The third-order valence-corrected chi connectivity index (χ3v) is 5.42. The van der Waals surface area contributed by atoms with Crippen molar-refractivity contribution in [3.05, 3.63) is 0 Å². The molecule has 6 saturated carbocycles. The molecule has 2 atom stereocenters. The van der Waals surface area contributed by atoms with E-state index in [1.165, 1.54) is 35.5 Å². The van der Waals surface area contributed by atoms with Crippen LogP contribution in [0, 0.1) is 35.5 Å². The summed E-state index contributed by atoms with van der Waals surface area (Å²) in [5, 5.41) is 0. The maximum atomic E-state index is 1.62. The van der Waals surface area contributed by atoms with Crippen molar-refractivity contribution in [1.29, 1.82) is 0 Å². The maximum absolute atomic E-state index is 1.62. The molecule has 0 aromatic rings. The van der Waals surface area contributed by atoms with Crippen molar-refractivity contribution in [3.63, 3.8) is 0 Å². The summed E-state index contributed by atoms with van der Waals surface area (Å²) in [4.78, 5) is 0. The van der Waals surface area contributed by atoms with Gasteiger partial charge in [-0.2, -0.15) is 0 Å². The molecule has 0 aromatic carbocycles. The Morgan fingerprint density at radius 3 is 1.64 bits per heavy atom. The topological polar surface area (TPSA) is 0 Å². The zero-order chi connectivity index (χ0) is 7.00. The lowest BCUT2D eigenvalue weighted by atomic mass is 9.67. The van der Waals surface area contributed by atoms with Gasteiger partial charge in [0, 0.05) is 0 Å². The Kier molecular flexibility index (Phi) is 0.781. The minimum atomic E-state index is 1.23. The lowest BCUT2D eigenvalue weighted by Crippen LogP contribution is -2.33. The van der Waals surface area contributed by atoms with Gasteiger partial charge in [0.05, 0.1) is 0 Å². The van der Waals surface area contributed by atoms with Crippen LogP contribution in [0.15, 0.2) is 0 Å². The van der Waals surface area contributed by atoms with Crippen LogP contribution in [-0.2, 0) is 0 Å². The van der Waals surface area contributed by atoms with E-state index in [4.69, 9.17) is 0 Å². The molecule has 2 unspecified atom stereocenters. The van der Waals surface area contributed by atoms with E-state index in [1.54, 1.807) is 32.1 Å². The van der Waals surface area contributed by atoms with Gasteiger partial charge in [0.1, 0.15) is 0 Å². The summed E-state index contributed by atoms with van der Waals surface area (Å²) in [6, 6.07) is 0. The van der Waals surface area contributed by atoms with Gasteiger partial charge < -0.3 is 0 Å². The van der Waals surface area contributed by atoms with Gasteiger partial charge in [-0.25, -0.2) is 0 Å². The summed E-state index contributed by atoms with van der Waals surface area (Å²) in [6.45, 7) is 0. The van der Waals surface area contributed by atoms with E-state index in [0.717, 1.165) is 0 Å². The van der Waals surface area contributed by atoms with Crippen LogP contribution >= 0.6 is 0 Å². The van der Waals surface area contributed by atoms with Crippen molar-refractivity contribution in [2.75, 3.05) is 0 Å². The van der Waals surface area contributed by atoms with Crippen molar-refractivity contribution < 1.29 is 0 Å². The first kappa shape index (κ1) is 5.61. The van der Waals surface area contributed by atoms with Crippen molar-refractivity contribution in [1.82, 2.24) is 0 Å². The van der Waals surface area contributed by atoms with E-state index in [-0.39, 0.29) is 0 Å². The third-order valence-electron chi connectivity index (χ3n) is 5.42. The Morgan fingerprint density at radius 2 is 1.09 bits per heavy atom. The predicted molar refractivity (Wildman–Crippen MR) is 44.0 cm³/mol. The van der Waals surface area contributed by atoms with Gasteiger partial charge in [0.15, 0.2) is 0 Å². The Morgan fingerprint density at radius 1 is 0.545 bits per heavy atom. The maximum Gasteiger partial charge on any atom is -0.0321 e. The van der Waals surface area contributed by atoms with Crippen LogP contribution in [0.4, 0.5) is 0 Å². The molecule has 0 N–H and O–H groups in total. The van der Waals surface area contributed by atoms with Crippen LogP contribution in [0.25, 0.3) is 0 Å². The number of hydrogen-bond donors (Lipinski definition) is 0. The highest BCUT2D eigenvalue weighted by atomic mass is 14.7. The Bertz CT molecular complexity index is 174. The average Bonchev–Trinajstić information content (AvgIpc) is 2.63. The highest BCUT2D eigenvalue weighted by molar-refractivity contribution is 5.16. The molecule has 0 aromatic heterocycles. The molecule has 0 heterocycles. The molecule has 0 heteroatoms. The smallest absolute Gasteiger partial charge is 0.0321 e. The summed E-state index contributed by atoms with van der Waals surface area (Å²) in [6.07, 6.45) is 8.03. The van der Waals surface area contributed by atoms with Crippen molar-refractivity contribution in [2.45, 2.75) is 32.1 Å². The van der Waals surface area contributed by atoms with Gasteiger partial charge in [-0.3, -0.25) is 0 Å². The summed E-state index contributed by atoms with van der Waals surface area (Å²) in [7, 11) is 0. The van der Waals surface area contributed by atoms with Crippen molar-refractivity contribution >= 4 is 0 Å². The first-order valence-corrected chi connectivity index (χ1v) is 5.47.